The van der Waals surface area contributed by atoms with E-state index in [1.54, 1.807) is 18.2 Å². The fourth-order valence-electron chi connectivity index (χ4n) is 3.09. The first-order valence-electron chi connectivity index (χ1n) is 9.30. The molecule has 7 nitrogen and oxygen atoms in total. The standard InChI is InChI=1S/C21H21N5O2S/c1-4-26-14(2)11-18(24-26)20(27)25(13-15-7-5-6-10-22-15)21-23-17-12-16(28-3)8-9-19(17)29-21/h5-12H,4,13H2,1-3H3. The van der Waals surface area contributed by atoms with E-state index in [0.717, 1.165) is 27.4 Å². The maximum Gasteiger partial charge on any atom is 0.280 e. The van der Waals surface area contributed by atoms with Crippen molar-refractivity contribution in [3.63, 3.8) is 0 Å². The first-order valence-corrected chi connectivity index (χ1v) is 10.1. The lowest BCUT2D eigenvalue weighted by Gasteiger charge is -2.18. The van der Waals surface area contributed by atoms with Crippen molar-refractivity contribution in [1.82, 2.24) is 19.7 Å². The maximum absolute atomic E-state index is 13.4. The Bertz CT molecular complexity index is 1150. The molecule has 0 N–H and O–H groups in total. The lowest BCUT2D eigenvalue weighted by molar-refractivity contribution is 0.0979. The SMILES string of the molecule is CCn1nc(C(=O)N(Cc2ccccn2)c2nc3cc(OC)ccc3s2)cc1C. The highest BCUT2D eigenvalue weighted by Gasteiger charge is 2.25. The number of amides is 1. The first-order chi connectivity index (χ1) is 14.1. The van der Waals surface area contributed by atoms with Crippen LogP contribution in [0.4, 0.5) is 5.13 Å². The summed E-state index contributed by atoms with van der Waals surface area (Å²) in [5.41, 5.74) is 2.92. The van der Waals surface area contributed by atoms with Gasteiger partial charge >= 0.3 is 0 Å². The molecule has 0 radical (unpaired) electrons. The highest BCUT2D eigenvalue weighted by Crippen LogP contribution is 2.32. The second-order valence-corrected chi connectivity index (χ2v) is 7.54. The summed E-state index contributed by atoms with van der Waals surface area (Å²) >= 11 is 1.46. The number of thiazole rings is 1. The molecule has 0 spiro atoms. The minimum atomic E-state index is -0.197. The third-order valence-electron chi connectivity index (χ3n) is 4.61. The van der Waals surface area contributed by atoms with Crippen molar-refractivity contribution in [1.29, 1.82) is 0 Å². The van der Waals surface area contributed by atoms with Gasteiger partial charge in [0.05, 0.1) is 29.6 Å². The highest BCUT2D eigenvalue weighted by molar-refractivity contribution is 7.22. The van der Waals surface area contributed by atoms with Crippen molar-refractivity contribution >= 4 is 32.6 Å². The minimum absolute atomic E-state index is 0.197. The molecule has 4 rings (SSSR count). The lowest BCUT2D eigenvalue weighted by atomic mass is 10.3. The third kappa shape index (κ3) is 3.84. The summed E-state index contributed by atoms with van der Waals surface area (Å²) in [6.07, 6.45) is 1.72. The lowest BCUT2D eigenvalue weighted by Crippen LogP contribution is -2.31. The Morgan fingerprint density at radius 2 is 2.10 bits per heavy atom. The zero-order valence-corrected chi connectivity index (χ0v) is 17.3. The van der Waals surface area contributed by atoms with Crippen LogP contribution in [0, 0.1) is 6.92 Å². The van der Waals surface area contributed by atoms with Crippen LogP contribution in [-0.2, 0) is 13.1 Å². The predicted molar refractivity (Wildman–Crippen MR) is 114 cm³/mol. The number of carbonyl (C=O) groups excluding carboxylic acids is 1. The summed E-state index contributed by atoms with van der Waals surface area (Å²) in [5, 5.41) is 5.06. The molecule has 0 saturated heterocycles. The molecule has 0 bridgehead atoms. The van der Waals surface area contributed by atoms with Crippen LogP contribution < -0.4 is 9.64 Å². The molecular weight excluding hydrogens is 386 g/mol. The smallest absolute Gasteiger partial charge is 0.280 e. The number of hydrogen-bond donors (Lipinski definition) is 0. The number of nitrogens with zero attached hydrogens (tertiary/aromatic N) is 5. The van der Waals surface area contributed by atoms with Gasteiger partial charge in [0.25, 0.3) is 5.91 Å². The Labute approximate surface area is 172 Å². The molecular formula is C21H21N5O2S. The molecule has 0 atom stereocenters. The summed E-state index contributed by atoms with van der Waals surface area (Å²) < 4.78 is 8.09. The number of methoxy groups -OCH3 is 1. The molecule has 0 aliphatic heterocycles. The summed E-state index contributed by atoms with van der Waals surface area (Å²) in [4.78, 5) is 24.1. The second-order valence-electron chi connectivity index (χ2n) is 6.53. The zero-order valence-electron chi connectivity index (χ0n) is 16.5. The maximum atomic E-state index is 13.4. The average Bonchev–Trinajstić information content (AvgIpc) is 3.34. The van der Waals surface area contributed by atoms with Crippen LogP contribution >= 0.6 is 11.3 Å². The van der Waals surface area contributed by atoms with E-state index in [9.17, 15) is 4.79 Å². The van der Waals surface area contributed by atoms with Gasteiger partial charge in [-0.05, 0) is 44.2 Å². The largest absolute Gasteiger partial charge is 0.497 e. The zero-order chi connectivity index (χ0) is 20.4. The van der Waals surface area contributed by atoms with Crippen LogP contribution in [-0.4, -0.2) is 32.8 Å². The van der Waals surface area contributed by atoms with Gasteiger partial charge < -0.3 is 4.74 Å². The Hall–Kier alpha value is -3.26. The van der Waals surface area contributed by atoms with E-state index in [2.05, 4.69) is 10.1 Å². The highest BCUT2D eigenvalue weighted by atomic mass is 32.1. The van der Waals surface area contributed by atoms with Crippen molar-refractivity contribution in [2.24, 2.45) is 0 Å². The van der Waals surface area contributed by atoms with Crippen molar-refractivity contribution < 1.29 is 9.53 Å². The van der Waals surface area contributed by atoms with E-state index in [1.165, 1.54) is 11.3 Å². The number of rotatable bonds is 6. The third-order valence-corrected chi connectivity index (χ3v) is 5.66. The van der Waals surface area contributed by atoms with Crippen LogP contribution in [0.1, 0.15) is 28.8 Å². The van der Waals surface area contributed by atoms with Crippen LogP contribution in [0.15, 0.2) is 48.7 Å². The van der Waals surface area contributed by atoms with Gasteiger partial charge in [-0.15, -0.1) is 0 Å². The molecule has 0 saturated carbocycles. The molecule has 0 aliphatic rings. The summed E-state index contributed by atoms with van der Waals surface area (Å²) in [5.74, 6) is 0.534. The quantitative estimate of drug-likeness (QED) is 0.482. The predicted octanol–water partition coefficient (Wildman–Crippen LogP) is 4.07. The molecule has 0 aliphatic carbocycles. The molecule has 4 aromatic rings. The molecule has 29 heavy (non-hydrogen) atoms. The van der Waals surface area contributed by atoms with Gasteiger partial charge in [-0.1, -0.05) is 17.4 Å². The van der Waals surface area contributed by atoms with Crippen LogP contribution in [0.25, 0.3) is 10.2 Å². The normalized spacial score (nSPS) is 11.0. The number of hydrogen-bond acceptors (Lipinski definition) is 6. The van der Waals surface area contributed by atoms with E-state index in [-0.39, 0.29) is 5.91 Å². The van der Waals surface area contributed by atoms with E-state index in [0.29, 0.717) is 23.9 Å². The fourth-order valence-corrected chi connectivity index (χ4v) is 4.03. The van der Waals surface area contributed by atoms with Gasteiger partial charge in [0, 0.05) is 24.5 Å². The van der Waals surface area contributed by atoms with Gasteiger partial charge in [0.15, 0.2) is 10.8 Å². The summed E-state index contributed by atoms with van der Waals surface area (Å²) in [6, 6.07) is 13.2. The van der Waals surface area contributed by atoms with Crippen molar-refractivity contribution in [3.8, 4) is 5.75 Å². The number of benzene rings is 1. The number of anilines is 1. The van der Waals surface area contributed by atoms with Crippen LogP contribution in [0.5, 0.6) is 5.75 Å². The molecule has 3 heterocycles. The van der Waals surface area contributed by atoms with E-state index in [4.69, 9.17) is 9.72 Å². The first kappa shape index (κ1) is 19.1. The van der Waals surface area contributed by atoms with E-state index >= 15 is 0 Å². The number of fused-ring (bicyclic) bond motifs is 1. The van der Waals surface area contributed by atoms with Gasteiger partial charge in [-0.25, -0.2) is 4.98 Å². The summed E-state index contributed by atoms with van der Waals surface area (Å²) in [7, 11) is 1.62. The summed E-state index contributed by atoms with van der Waals surface area (Å²) in [6.45, 7) is 4.97. The Balaban J connectivity index is 1.76. The molecule has 1 amide bonds. The average molecular weight is 407 g/mol. The van der Waals surface area contributed by atoms with Gasteiger partial charge in [-0.3, -0.25) is 19.4 Å². The van der Waals surface area contributed by atoms with Gasteiger partial charge in [0.2, 0.25) is 0 Å². The van der Waals surface area contributed by atoms with Crippen LogP contribution in [0.3, 0.4) is 0 Å². The molecule has 3 aromatic heterocycles. The monoisotopic (exact) mass is 407 g/mol. The second kappa shape index (κ2) is 8.00. The number of aromatic nitrogens is 4. The molecule has 148 valence electrons. The Morgan fingerprint density at radius 3 is 2.79 bits per heavy atom. The van der Waals surface area contributed by atoms with Crippen molar-refractivity contribution in [3.05, 3.63) is 65.7 Å². The molecule has 1 aromatic carbocycles. The Kier molecular flexibility index (Phi) is 5.26. The molecule has 0 fully saturated rings. The van der Waals surface area contributed by atoms with Crippen molar-refractivity contribution in [2.45, 2.75) is 26.9 Å². The molecule has 8 heteroatoms. The number of pyridine rings is 1. The Morgan fingerprint density at radius 1 is 1.24 bits per heavy atom. The number of carbonyl (C=O) groups is 1. The van der Waals surface area contributed by atoms with Crippen molar-refractivity contribution in [2.75, 3.05) is 12.0 Å². The fraction of sp³-hybridized carbons (Fsp3) is 0.238. The van der Waals surface area contributed by atoms with Gasteiger partial charge in [-0.2, -0.15) is 5.10 Å². The minimum Gasteiger partial charge on any atom is -0.497 e. The van der Waals surface area contributed by atoms with E-state index < -0.39 is 0 Å². The number of aryl methyl sites for hydroxylation is 2. The molecule has 0 unspecified atom stereocenters. The topological polar surface area (TPSA) is 73.1 Å². The van der Waals surface area contributed by atoms with E-state index in [1.807, 2.05) is 61.0 Å². The number of ether oxygens (including phenoxy) is 1. The van der Waals surface area contributed by atoms with Gasteiger partial charge in [0.1, 0.15) is 5.75 Å². The van der Waals surface area contributed by atoms with Crippen LogP contribution in [0.2, 0.25) is 0 Å².